The van der Waals surface area contributed by atoms with Crippen molar-refractivity contribution in [3.8, 4) is 5.75 Å². The van der Waals surface area contributed by atoms with Gasteiger partial charge in [0.05, 0.1) is 25.9 Å². The van der Waals surface area contributed by atoms with Crippen LogP contribution in [0, 0.1) is 11.7 Å². The lowest BCUT2D eigenvalue weighted by molar-refractivity contribution is -0.122. The molecule has 1 aliphatic carbocycles. The van der Waals surface area contributed by atoms with Crippen LogP contribution in [0.25, 0.3) is 0 Å². The summed E-state index contributed by atoms with van der Waals surface area (Å²) in [7, 11) is 1.64. The molecule has 31 heavy (non-hydrogen) atoms. The predicted octanol–water partition coefficient (Wildman–Crippen LogP) is 4.17. The number of nitrogens with one attached hydrogen (secondary N) is 1. The van der Waals surface area contributed by atoms with Gasteiger partial charge in [-0.1, -0.05) is 29.8 Å². The summed E-state index contributed by atoms with van der Waals surface area (Å²) in [6.45, 7) is 4.17. The Morgan fingerprint density at radius 2 is 2.16 bits per heavy atom. The van der Waals surface area contributed by atoms with Gasteiger partial charge in [-0.15, -0.1) is 0 Å². The van der Waals surface area contributed by atoms with Crippen LogP contribution in [0.2, 0.25) is 5.02 Å². The molecule has 1 heterocycles. The molecular formula is C24H28ClFN2O3. The lowest BCUT2D eigenvalue weighted by Gasteiger charge is -2.38. The van der Waals surface area contributed by atoms with Crippen LogP contribution in [-0.2, 0) is 9.53 Å². The Labute approximate surface area is 187 Å². The lowest BCUT2D eigenvalue weighted by atomic mass is 10.0. The molecule has 2 aromatic carbocycles. The zero-order valence-electron chi connectivity index (χ0n) is 17.8. The molecule has 2 aliphatic rings. The Kier molecular flexibility index (Phi) is 6.80. The quantitative estimate of drug-likeness (QED) is 0.693. The van der Waals surface area contributed by atoms with Crippen LogP contribution >= 0.6 is 11.6 Å². The van der Waals surface area contributed by atoms with Crippen LogP contribution in [0.5, 0.6) is 5.75 Å². The van der Waals surface area contributed by atoms with Crippen molar-refractivity contribution in [1.82, 2.24) is 10.2 Å². The van der Waals surface area contributed by atoms with Gasteiger partial charge >= 0.3 is 0 Å². The van der Waals surface area contributed by atoms with E-state index in [4.69, 9.17) is 21.1 Å². The highest BCUT2D eigenvalue weighted by atomic mass is 35.5. The minimum Gasteiger partial charge on any atom is -0.497 e. The van der Waals surface area contributed by atoms with Gasteiger partial charge in [-0.3, -0.25) is 9.69 Å². The molecule has 0 aromatic heterocycles. The van der Waals surface area contributed by atoms with Crippen molar-refractivity contribution in [1.29, 1.82) is 0 Å². The zero-order valence-corrected chi connectivity index (χ0v) is 18.6. The third kappa shape index (κ3) is 5.03. The van der Waals surface area contributed by atoms with Crippen molar-refractivity contribution in [2.45, 2.75) is 31.4 Å². The molecule has 0 radical (unpaired) electrons. The van der Waals surface area contributed by atoms with Crippen molar-refractivity contribution in [2.24, 2.45) is 5.92 Å². The van der Waals surface area contributed by atoms with Crippen LogP contribution < -0.4 is 10.1 Å². The van der Waals surface area contributed by atoms with Crippen LogP contribution in [0.1, 0.15) is 36.4 Å². The second-order valence-corrected chi connectivity index (χ2v) is 8.71. The molecule has 4 atom stereocenters. The first-order chi connectivity index (χ1) is 15.0. The van der Waals surface area contributed by atoms with Crippen molar-refractivity contribution < 1.29 is 18.7 Å². The number of morpholine rings is 1. The van der Waals surface area contributed by atoms with Gasteiger partial charge in [-0.2, -0.15) is 0 Å². The zero-order chi connectivity index (χ0) is 22.0. The minimum atomic E-state index is -0.355. The van der Waals surface area contributed by atoms with Gasteiger partial charge in [0.1, 0.15) is 11.6 Å². The lowest BCUT2D eigenvalue weighted by Crippen LogP contribution is -2.47. The van der Waals surface area contributed by atoms with Gasteiger partial charge in [0.2, 0.25) is 5.91 Å². The molecule has 2 aromatic rings. The number of amides is 1. The van der Waals surface area contributed by atoms with Gasteiger partial charge in [-0.05, 0) is 49.1 Å². The number of ether oxygens (including phenoxy) is 2. The largest absolute Gasteiger partial charge is 0.497 e. The summed E-state index contributed by atoms with van der Waals surface area (Å²) in [6.07, 6.45) is 0.844. The first-order valence-electron chi connectivity index (χ1n) is 10.7. The number of carbonyl (C=O) groups excluding carboxylic acids is 1. The van der Waals surface area contributed by atoms with E-state index >= 15 is 0 Å². The monoisotopic (exact) mass is 446 g/mol. The summed E-state index contributed by atoms with van der Waals surface area (Å²) in [4.78, 5) is 15.0. The summed E-state index contributed by atoms with van der Waals surface area (Å²) in [5.41, 5.74) is 1.54. The van der Waals surface area contributed by atoms with Crippen molar-refractivity contribution in [3.05, 3.63) is 64.4 Å². The fourth-order valence-corrected chi connectivity index (χ4v) is 4.71. The van der Waals surface area contributed by atoms with E-state index in [2.05, 4.69) is 10.2 Å². The number of nitrogens with zero attached hydrogens (tertiary/aromatic N) is 1. The van der Waals surface area contributed by atoms with Crippen molar-refractivity contribution in [2.75, 3.05) is 33.4 Å². The smallest absolute Gasteiger partial charge is 0.223 e. The van der Waals surface area contributed by atoms with E-state index in [9.17, 15) is 9.18 Å². The molecule has 4 rings (SSSR count). The third-order valence-electron chi connectivity index (χ3n) is 6.16. The molecule has 4 unspecified atom stereocenters. The number of hydrogen-bond acceptors (Lipinski definition) is 4. The maximum Gasteiger partial charge on any atom is 0.223 e. The Morgan fingerprint density at radius 3 is 2.90 bits per heavy atom. The highest BCUT2D eigenvalue weighted by Gasteiger charge is 2.44. The summed E-state index contributed by atoms with van der Waals surface area (Å²) < 4.78 is 25.7. The maximum atomic E-state index is 14.7. The second kappa shape index (κ2) is 9.55. The maximum absolute atomic E-state index is 14.7. The Balaban J connectivity index is 1.46. The molecular weight excluding hydrogens is 419 g/mol. The van der Waals surface area contributed by atoms with E-state index < -0.39 is 0 Å². The molecule has 166 valence electrons. The molecule has 7 heteroatoms. The molecule has 0 spiro atoms. The van der Waals surface area contributed by atoms with Crippen LogP contribution in [0.15, 0.2) is 42.5 Å². The topological polar surface area (TPSA) is 50.8 Å². The fourth-order valence-electron chi connectivity index (χ4n) is 4.42. The van der Waals surface area contributed by atoms with E-state index in [1.165, 1.54) is 6.07 Å². The number of methoxy groups -OCH3 is 1. The molecule has 1 saturated heterocycles. The van der Waals surface area contributed by atoms with E-state index in [-0.39, 0.29) is 35.7 Å². The van der Waals surface area contributed by atoms with Gasteiger partial charge < -0.3 is 14.8 Å². The number of rotatable bonds is 7. The normalized spacial score (nSPS) is 24.5. The van der Waals surface area contributed by atoms with E-state index in [0.717, 1.165) is 17.7 Å². The molecule has 0 bridgehead atoms. The average Bonchev–Trinajstić information content (AvgIpc) is 3.57. The Bertz CT molecular complexity index is 921. The molecule has 1 N–H and O–H groups in total. The number of halogens is 2. The van der Waals surface area contributed by atoms with Gasteiger partial charge in [-0.25, -0.2) is 4.39 Å². The first kappa shape index (κ1) is 22.1. The number of benzene rings is 2. The molecule has 5 nitrogen and oxygen atoms in total. The highest BCUT2D eigenvalue weighted by molar-refractivity contribution is 6.31. The van der Waals surface area contributed by atoms with E-state index in [1.54, 1.807) is 19.2 Å². The number of hydrogen-bond donors (Lipinski definition) is 1. The SMILES string of the molecule is COc1cccc(C2CC2C(=O)NCC(c2c(F)cccc2Cl)N2CCOC(C)C2)c1. The first-order valence-corrected chi connectivity index (χ1v) is 11.1. The molecule has 1 amide bonds. The second-order valence-electron chi connectivity index (χ2n) is 8.30. The van der Waals surface area contributed by atoms with Gasteiger partial charge in [0.15, 0.2) is 0 Å². The van der Waals surface area contributed by atoms with Crippen molar-refractivity contribution >= 4 is 17.5 Å². The van der Waals surface area contributed by atoms with Crippen LogP contribution in [-0.4, -0.2) is 50.3 Å². The Hall–Kier alpha value is -2.15. The van der Waals surface area contributed by atoms with E-state index in [0.29, 0.717) is 36.8 Å². The molecule has 1 saturated carbocycles. The van der Waals surface area contributed by atoms with Gasteiger partial charge in [0.25, 0.3) is 0 Å². The van der Waals surface area contributed by atoms with Crippen molar-refractivity contribution in [3.63, 3.8) is 0 Å². The summed E-state index contributed by atoms with van der Waals surface area (Å²) in [6, 6.07) is 12.2. The van der Waals surface area contributed by atoms with Gasteiger partial charge in [0, 0.05) is 36.1 Å². The predicted molar refractivity (Wildman–Crippen MR) is 118 cm³/mol. The summed E-state index contributed by atoms with van der Waals surface area (Å²) in [5, 5.41) is 3.43. The van der Waals surface area contributed by atoms with Crippen LogP contribution in [0.4, 0.5) is 4.39 Å². The number of carbonyl (C=O) groups is 1. The molecule has 2 fully saturated rings. The molecule has 1 aliphatic heterocycles. The highest BCUT2D eigenvalue weighted by Crippen LogP contribution is 2.48. The van der Waals surface area contributed by atoms with E-state index in [1.807, 2.05) is 31.2 Å². The average molecular weight is 447 g/mol. The standard InChI is InChI=1S/C24H28ClFN2O3/c1-15-14-28(9-10-31-15)22(23-20(25)7-4-8-21(23)26)13-27-24(29)19-12-18(19)16-5-3-6-17(11-16)30-2/h3-8,11,15,18-19,22H,9-10,12-14H2,1-2H3,(H,27,29). The van der Waals surface area contributed by atoms with Crippen LogP contribution in [0.3, 0.4) is 0 Å². The third-order valence-corrected chi connectivity index (χ3v) is 6.49. The Morgan fingerprint density at radius 1 is 1.35 bits per heavy atom. The fraction of sp³-hybridized carbons (Fsp3) is 0.458. The summed E-state index contributed by atoms with van der Waals surface area (Å²) in [5.74, 6) is 0.541. The minimum absolute atomic E-state index is 0.00779. The summed E-state index contributed by atoms with van der Waals surface area (Å²) >= 11 is 6.38.